The van der Waals surface area contributed by atoms with Crippen LogP contribution in [-0.2, 0) is 14.2 Å². The molecule has 3 aliphatic rings. The maximum absolute atomic E-state index is 5.87. The van der Waals surface area contributed by atoms with Crippen LogP contribution >= 0.6 is 0 Å². The molecule has 3 aromatic rings. The van der Waals surface area contributed by atoms with E-state index >= 15 is 0 Å². The van der Waals surface area contributed by atoms with E-state index in [1.165, 1.54) is 16.7 Å². The monoisotopic (exact) mass is 502 g/mol. The maximum atomic E-state index is 5.87. The highest BCUT2D eigenvalue weighted by atomic mass is 16.6. The van der Waals surface area contributed by atoms with Crippen molar-refractivity contribution in [2.75, 3.05) is 39.6 Å². The second-order valence-corrected chi connectivity index (χ2v) is 10.2. The first kappa shape index (κ1) is 24.3. The zero-order valence-electron chi connectivity index (χ0n) is 21.2. The van der Waals surface area contributed by atoms with Crippen LogP contribution in [0, 0.1) is 0 Å². The summed E-state index contributed by atoms with van der Waals surface area (Å²) in [4.78, 5) is 0. The van der Waals surface area contributed by atoms with Crippen LogP contribution in [-0.4, -0.2) is 58.0 Å². The van der Waals surface area contributed by atoms with Gasteiger partial charge in [0.05, 0.1) is 19.8 Å². The Kier molecular flexibility index (Phi) is 7.31. The van der Waals surface area contributed by atoms with E-state index in [2.05, 4.69) is 79.7 Å². The van der Waals surface area contributed by atoms with Crippen molar-refractivity contribution in [1.29, 1.82) is 0 Å². The summed E-state index contributed by atoms with van der Waals surface area (Å²) in [7, 11) is 0. The molecule has 0 bridgehead atoms. The van der Waals surface area contributed by atoms with Gasteiger partial charge in [-0.25, -0.2) is 0 Å². The normalized spacial score (nSPS) is 23.1. The fraction of sp³-hybridized carbons (Fsp3) is 0.419. The molecule has 4 unspecified atom stereocenters. The first-order valence-corrected chi connectivity index (χ1v) is 13.2. The Morgan fingerprint density at radius 1 is 0.568 bits per heavy atom. The second-order valence-electron chi connectivity index (χ2n) is 10.2. The van der Waals surface area contributed by atoms with E-state index in [9.17, 15) is 0 Å². The maximum Gasteiger partial charge on any atom is 0.119 e. The highest BCUT2D eigenvalue weighted by Gasteiger charge is 2.25. The molecular weight excluding hydrogens is 468 g/mol. The fourth-order valence-corrected chi connectivity index (χ4v) is 4.50. The summed E-state index contributed by atoms with van der Waals surface area (Å²) >= 11 is 0. The smallest absolute Gasteiger partial charge is 0.119 e. The summed E-state index contributed by atoms with van der Waals surface area (Å²) in [6.45, 7) is 6.54. The molecule has 0 amide bonds. The Hall–Kier alpha value is -3.06. The zero-order chi connectivity index (χ0) is 25.0. The van der Waals surface area contributed by atoms with Gasteiger partial charge in [0.1, 0.15) is 55.4 Å². The average molecular weight is 503 g/mol. The Labute approximate surface area is 218 Å². The number of epoxide rings is 3. The number of hydrogen-bond donors (Lipinski definition) is 0. The molecule has 3 saturated heterocycles. The van der Waals surface area contributed by atoms with E-state index in [0.717, 1.165) is 43.5 Å². The molecule has 6 heteroatoms. The minimum atomic E-state index is 0.236. The highest BCUT2D eigenvalue weighted by Crippen LogP contribution is 2.37. The molecule has 0 aliphatic carbocycles. The van der Waals surface area contributed by atoms with Crippen LogP contribution in [0.1, 0.15) is 41.9 Å². The topological polar surface area (TPSA) is 65.3 Å². The summed E-state index contributed by atoms with van der Waals surface area (Å²) in [6, 6.07) is 25.5. The lowest BCUT2D eigenvalue weighted by Crippen LogP contribution is -2.08. The van der Waals surface area contributed by atoms with E-state index in [1.54, 1.807) is 0 Å². The van der Waals surface area contributed by atoms with Crippen LogP contribution < -0.4 is 14.2 Å². The van der Waals surface area contributed by atoms with Crippen LogP contribution in [0.15, 0.2) is 72.8 Å². The predicted molar refractivity (Wildman–Crippen MR) is 140 cm³/mol. The average Bonchev–Trinajstić information content (AvgIpc) is 3.78. The van der Waals surface area contributed by atoms with Crippen molar-refractivity contribution in [3.05, 3.63) is 89.5 Å². The molecule has 6 rings (SSSR count). The molecule has 3 aromatic carbocycles. The molecule has 0 aromatic heterocycles. The zero-order valence-corrected chi connectivity index (χ0v) is 21.2. The van der Waals surface area contributed by atoms with Gasteiger partial charge in [-0.1, -0.05) is 43.3 Å². The van der Waals surface area contributed by atoms with Gasteiger partial charge in [-0.15, -0.1) is 0 Å². The molecule has 3 aliphatic heterocycles. The second kappa shape index (κ2) is 11.1. The van der Waals surface area contributed by atoms with Gasteiger partial charge in [-0.05, 0) is 65.4 Å². The number of rotatable bonds is 14. The molecule has 4 atom stereocenters. The van der Waals surface area contributed by atoms with Crippen molar-refractivity contribution in [2.24, 2.45) is 0 Å². The van der Waals surface area contributed by atoms with Crippen LogP contribution in [0.5, 0.6) is 17.2 Å². The molecule has 0 spiro atoms. The summed E-state index contributed by atoms with van der Waals surface area (Å²) in [6.07, 6.45) is 1.73. The quantitative estimate of drug-likeness (QED) is 0.277. The van der Waals surface area contributed by atoms with Crippen LogP contribution in [0.4, 0.5) is 0 Å². The van der Waals surface area contributed by atoms with Crippen LogP contribution in [0.2, 0.25) is 0 Å². The molecule has 0 N–H and O–H groups in total. The fourth-order valence-electron chi connectivity index (χ4n) is 4.50. The van der Waals surface area contributed by atoms with Gasteiger partial charge in [0.25, 0.3) is 0 Å². The van der Waals surface area contributed by atoms with Crippen molar-refractivity contribution in [3.63, 3.8) is 0 Å². The van der Waals surface area contributed by atoms with E-state index in [0.29, 0.717) is 25.7 Å². The van der Waals surface area contributed by atoms with Gasteiger partial charge >= 0.3 is 0 Å². The van der Waals surface area contributed by atoms with E-state index in [-0.39, 0.29) is 24.2 Å². The Bertz CT molecular complexity index is 1070. The van der Waals surface area contributed by atoms with Crippen LogP contribution in [0.3, 0.4) is 0 Å². The summed E-state index contributed by atoms with van der Waals surface area (Å²) in [5.41, 5.74) is 3.84. The summed E-state index contributed by atoms with van der Waals surface area (Å²) in [5.74, 6) is 3.24. The van der Waals surface area contributed by atoms with Gasteiger partial charge in [-0.2, -0.15) is 0 Å². The molecule has 0 radical (unpaired) electrons. The SMILES string of the molecule is CC(CC(c1ccc(OCC2CO2)cc1)c1ccc(OCC2CO2)cc1)c1ccc(OCC2CO2)cc1. The number of hydrogen-bond acceptors (Lipinski definition) is 6. The van der Waals surface area contributed by atoms with Gasteiger partial charge in [0.2, 0.25) is 0 Å². The van der Waals surface area contributed by atoms with Gasteiger partial charge in [-0.3, -0.25) is 0 Å². The first-order chi connectivity index (χ1) is 18.2. The van der Waals surface area contributed by atoms with Crippen molar-refractivity contribution in [2.45, 2.75) is 43.5 Å². The van der Waals surface area contributed by atoms with Crippen molar-refractivity contribution in [1.82, 2.24) is 0 Å². The van der Waals surface area contributed by atoms with E-state index in [1.807, 2.05) is 0 Å². The Balaban J connectivity index is 1.16. The van der Waals surface area contributed by atoms with Gasteiger partial charge < -0.3 is 28.4 Å². The molecular formula is C31H34O6. The molecule has 194 valence electrons. The lowest BCUT2D eigenvalue weighted by atomic mass is 9.82. The standard InChI is InChI=1S/C31H34O6/c1-21(22-2-8-25(9-3-22)32-15-28-18-35-28)14-31(23-4-10-26(11-5-23)33-16-29-19-36-29)24-6-12-27(13-7-24)34-17-30-20-37-30/h2-13,21,28-31H,14-20H2,1H3. The third-order valence-electron chi connectivity index (χ3n) is 7.12. The highest BCUT2D eigenvalue weighted by molar-refractivity contribution is 5.39. The molecule has 3 heterocycles. The molecule has 37 heavy (non-hydrogen) atoms. The van der Waals surface area contributed by atoms with Gasteiger partial charge in [0, 0.05) is 5.92 Å². The molecule has 3 fully saturated rings. The predicted octanol–water partition coefficient (Wildman–Crippen LogP) is 5.35. The third-order valence-corrected chi connectivity index (χ3v) is 7.12. The van der Waals surface area contributed by atoms with E-state index < -0.39 is 0 Å². The summed E-state index contributed by atoms with van der Waals surface area (Å²) in [5, 5.41) is 0. The minimum absolute atomic E-state index is 0.236. The number of benzene rings is 3. The lowest BCUT2D eigenvalue weighted by Gasteiger charge is -2.23. The van der Waals surface area contributed by atoms with Crippen molar-refractivity contribution >= 4 is 0 Å². The molecule has 6 nitrogen and oxygen atoms in total. The lowest BCUT2D eigenvalue weighted by molar-refractivity contribution is 0.263. The Morgan fingerprint density at radius 3 is 1.22 bits per heavy atom. The van der Waals surface area contributed by atoms with E-state index in [4.69, 9.17) is 28.4 Å². The largest absolute Gasteiger partial charge is 0.491 e. The van der Waals surface area contributed by atoms with Gasteiger partial charge in [0.15, 0.2) is 0 Å². The number of ether oxygens (including phenoxy) is 6. The first-order valence-electron chi connectivity index (χ1n) is 13.2. The van der Waals surface area contributed by atoms with Crippen LogP contribution in [0.25, 0.3) is 0 Å². The van der Waals surface area contributed by atoms with Crippen molar-refractivity contribution in [3.8, 4) is 17.2 Å². The summed E-state index contributed by atoms with van der Waals surface area (Å²) < 4.78 is 33.3. The van der Waals surface area contributed by atoms with Crippen molar-refractivity contribution < 1.29 is 28.4 Å². The minimum Gasteiger partial charge on any atom is -0.491 e. The Morgan fingerprint density at radius 2 is 0.892 bits per heavy atom. The third kappa shape index (κ3) is 7.04. The molecule has 0 saturated carbocycles.